The monoisotopic (exact) mass is 235 g/mol. The zero-order chi connectivity index (χ0) is 11.7. The molecule has 0 aromatic heterocycles. The summed E-state index contributed by atoms with van der Waals surface area (Å²) in [6.07, 6.45) is 5.07. The van der Waals surface area contributed by atoms with Gasteiger partial charge in [0.05, 0.1) is 0 Å². The molecule has 0 saturated carbocycles. The molecule has 15 heavy (non-hydrogen) atoms. The van der Waals surface area contributed by atoms with Gasteiger partial charge in [-0.2, -0.15) is 0 Å². The molecule has 0 aliphatic carbocycles. The molecule has 0 aromatic carbocycles. The normalized spacial score (nSPS) is 11.3. The molecule has 5 heteroatoms. The van der Waals surface area contributed by atoms with Gasteiger partial charge in [0.25, 0.3) is 0 Å². The van der Waals surface area contributed by atoms with Crippen molar-refractivity contribution in [2.24, 2.45) is 0 Å². The van der Waals surface area contributed by atoms with E-state index in [1.807, 2.05) is 6.92 Å². The van der Waals surface area contributed by atoms with Crippen molar-refractivity contribution in [1.29, 1.82) is 0 Å². The van der Waals surface area contributed by atoms with Crippen LogP contribution in [0.5, 0.6) is 0 Å². The fourth-order valence-electron chi connectivity index (χ4n) is 1.14. The molecular formula is C10H21NO3S. The fourth-order valence-corrected chi connectivity index (χ4v) is 1.87. The number of rotatable bonds is 8. The maximum Gasteiger partial charge on any atom is 0.219 e. The summed E-state index contributed by atoms with van der Waals surface area (Å²) in [6.45, 7) is 2.62. The molecule has 0 unspecified atom stereocenters. The van der Waals surface area contributed by atoms with E-state index in [0.29, 0.717) is 19.4 Å². The molecule has 0 bridgehead atoms. The van der Waals surface area contributed by atoms with Gasteiger partial charge in [0.2, 0.25) is 5.91 Å². The van der Waals surface area contributed by atoms with Gasteiger partial charge >= 0.3 is 0 Å². The van der Waals surface area contributed by atoms with Crippen molar-refractivity contribution < 1.29 is 13.2 Å². The number of carbonyl (C=O) groups excluding carboxylic acids is 1. The van der Waals surface area contributed by atoms with Crippen LogP contribution in [0.3, 0.4) is 0 Å². The highest BCUT2D eigenvalue weighted by Gasteiger charge is 2.02. The number of sulfone groups is 1. The Balaban J connectivity index is 3.35. The lowest BCUT2D eigenvalue weighted by Crippen LogP contribution is -2.24. The van der Waals surface area contributed by atoms with Gasteiger partial charge in [-0.15, -0.1) is 0 Å². The van der Waals surface area contributed by atoms with Gasteiger partial charge in [-0.25, -0.2) is 8.42 Å². The van der Waals surface area contributed by atoms with Crippen LogP contribution in [0.1, 0.15) is 39.0 Å². The Hall–Kier alpha value is -0.580. The summed E-state index contributed by atoms with van der Waals surface area (Å²) in [5.74, 6) is 0.272. The van der Waals surface area contributed by atoms with E-state index in [1.165, 1.54) is 6.26 Å². The lowest BCUT2D eigenvalue weighted by atomic mass is 10.2. The molecule has 0 radical (unpaired) electrons. The maximum absolute atomic E-state index is 11.1. The molecule has 0 rings (SSSR count). The first-order valence-electron chi connectivity index (χ1n) is 5.40. The van der Waals surface area contributed by atoms with Crippen LogP contribution < -0.4 is 5.32 Å². The number of carbonyl (C=O) groups is 1. The minimum Gasteiger partial charge on any atom is -0.356 e. The number of unbranched alkanes of at least 4 members (excludes halogenated alkanes) is 2. The quantitative estimate of drug-likeness (QED) is 0.641. The number of nitrogens with one attached hydrogen (secondary N) is 1. The smallest absolute Gasteiger partial charge is 0.219 e. The molecule has 0 aliphatic rings. The van der Waals surface area contributed by atoms with Crippen molar-refractivity contribution in [1.82, 2.24) is 5.32 Å². The Morgan fingerprint density at radius 3 is 2.40 bits per heavy atom. The van der Waals surface area contributed by atoms with Gasteiger partial charge in [-0.3, -0.25) is 4.79 Å². The van der Waals surface area contributed by atoms with E-state index in [4.69, 9.17) is 0 Å². The molecule has 1 N–H and O–H groups in total. The molecular weight excluding hydrogens is 214 g/mol. The molecule has 4 nitrogen and oxygen atoms in total. The molecule has 0 aromatic rings. The van der Waals surface area contributed by atoms with Crippen molar-refractivity contribution in [3.8, 4) is 0 Å². The van der Waals surface area contributed by atoms with E-state index in [2.05, 4.69) is 5.32 Å². The molecule has 0 fully saturated rings. The van der Waals surface area contributed by atoms with Crippen LogP contribution in [0.2, 0.25) is 0 Å². The second-order valence-corrected chi connectivity index (χ2v) is 6.05. The average Bonchev–Trinajstić information content (AvgIpc) is 2.12. The van der Waals surface area contributed by atoms with E-state index in [-0.39, 0.29) is 11.7 Å². The average molecular weight is 235 g/mol. The van der Waals surface area contributed by atoms with E-state index in [9.17, 15) is 13.2 Å². The molecule has 0 aliphatic heterocycles. The van der Waals surface area contributed by atoms with Crippen LogP contribution in [0.4, 0.5) is 0 Å². The largest absolute Gasteiger partial charge is 0.356 e. The summed E-state index contributed by atoms with van der Waals surface area (Å²) in [4.78, 5) is 11.1. The van der Waals surface area contributed by atoms with Gasteiger partial charge in [-0.1, -0.05) is 13.3 Å². The summed E-state index contributed by atoms with van der Waals surface area (Å²) in [6, 6.07) is 0. The zero-order valence-corrected chi connectivity index (χ0v) is 10.4. The topological polar surface area (TPSA) is 63.2 Å². The lowest BCUT2D eigenvalue weighted by molar-refractivity contribution is -0.121. The Bertz CT molecular complexity index is 272. The lowest BCUT2D eigenvalue weighted by Gasteiger charge is -2.03. The first kappa shape index (κ1) is 14.4. The van der Waals surface area contributed by atoms with Gasteiger partial charge in [0.15, 0.2) is 0 Å². The predicted octanol–water partition coefficient (Wildman–Crippen LogP) is 1.12. The van der Waals surface area contributed by atoms with E-state index in [1.54, 1.807) is 0 Å². The van der Waals surface area contributed by atoms with Crippen molar-refractivity contribution in [2.75, 3.05) is 18.6 Å². The highest BCUT2D eigenvalue weighted by atomic mass is 32.2. The summed E-state index contributed by atoms with van der Waals surface area (Å²) >= 11 is 0. The minimum atomic E-state index is -2.85. The minimum absolute atomic E-state index is 0.0659. The Kier molecular flexibility index (Phi) is 7.38. The third-order valence-corrected chi connectivity index (χ3v) is 3.05. The van der Waals surface area contributed by atoms with Crippen LogP contribution in [0.15, 0.2) is 0 Å². The Morgan fingerprint density at radius 1 is 1.20 bits per heavy atom. The van der Waals surface area contributed by atoms with Crippen LogP contribution in [-0.4, -0.2) is 32.9 Å². The SMILES string of the molecule is CCCCC(=O)NCCCCS(C)(=O)=O. The van der Waals surface area contributed by atoms with Gasteiger partial charge < -0.3 is 5.32 Å². The van der Waals surface area contributed by atoms with Gasteiger partial charge in [0.1, 0.15) is 9.84 Å². The molecule has 1 amide bonds. The summed E-state index contributed by atoms with van der Waals surface area (Å²) in [5.41, 5.74) is 0. The van der Waals surface area contributed by atoms with Crippen LogP contribution in [0, 0.1) is 0 Å². The van der Waals surface area contributed by atoms with Crippen LogP contribution in [0.25, 0.3) is 0 Å². The Labute approximate surface area is 92.4 Å². The number of amides is 1. The third kappa shape index (κ3) is 11.3. The van der Waals surface area contributed by atoms with Gasteiger partial charge in [0, 0.05) is 25.0 Å². The summed E-state index contributed by atoms with van der Waals surface area (Å²) < 4.78 is 21.6. The standard InChI is InChI=1S/C10H21NO3S/c1-3-4-7-10(12)11-8-5-6-9-15(2,13)14/h3-9H2,1-2H3,(H,11,12). The first-order valence-corrected chi connectivity index (χ1v) is 7.46. The zero-order valence-electron chi connectivity index (χ0n) is 9.58. The third-order valence-electron chi connectivity index (χ3n) is 2.02. The highest BCUT2D eigenvalue weighted by Crippen LogP contribution is 1.95. The Morgan fingerprint density at radius 2 is 1.87 bits per heavy atom. The maximum atomic E-state index is 11.1. The number of hydrogen-bond acceptors (Lipinski definition) is 3. The molecule has 90 valence electrons. The van der Waals surface area contributed by atoms with Gasteiger partial charge in [-0.05, 0) is 19.3 Å². The fraction of sp³-hybridized carbons (Fsp3) is 0.900. The van der Waals surface area contributed by atoms with E-state index >= 15 is 0 Å². The van der Waals surface area contributed by atoms with Crippen molar-refractivity contribution in [2.45, 2.75) is 39.0 Å². The van der Waals surface area contributed by atoms with Crippen molar-refractivity contribution in [3.63, 3.8) is 0 Å². The molecule has 0 atom stereocenters. The predicted molar refractivity (Wildman–Crippen MR) is 61.5 cm³/mol. The highest BCUT2D eigenvalue weighted by molar-refractivity contribution is 7.90. The second kappa shape index (κ2) is 7.68. The van der Waals surface area contributed by atoms with Crippen LogP contribution in [-0.2, 0) is 14.6 Å². The van der Waals surface area contributed by atoms with E-state index < -0.39 is 9.84 Å². The summed E-state index contributed by atoms with van der Waals surface area (Å²) in [5, 5.41) is 2.77. The summed E-state index contributed by atoms with van der Waals surface area (Å²) in [7, 11) is -2.85. The molecule has 0 spiro atoms. The molecule has 0 heterocycles. The molecule has 0 saturated heterocycles. The van der Waals surface area contributed by atoms with E-state index in [0.717, 1.165) is 19.3 Å². The van der Waals surface area contributed by atoms with Crippen molar-refractivity contribution >= 4 is 15.7 Å². The first-order chi connectivity index (χ1) is 6.95. The van der Waals surface area contributed by atoms with Crippen LogP contribution >= 0.6 is 0 Å². The van der Waals surface area contributed by atoms with Crippen molar-refractivity contribution in [3.05, 3.63) is 0 Å². The number of hydrogen-bond donors (Lipinski definition) is 1. The second-order valence-electron chi connectivity index (χ2n) is 3.79.